The third-order valence-electron chi connectivity index (χ3n) is 12.5. The van der Waals surface area contributed by atoms with Gasteiger partial charge in [0.25, 0.3) is 11.8 Å². The van der Waals surface area contributed by atoms with Crippen molar-refractivity contribution in [2.75, 3.05) is 52.9 Å². The van der Waals surface area contributed by atoms with E-state index >= 15 is 0 Å². The number of rotatable bonds is 14. The summed E-state index contributed by atoms with van der Waals surface area (Å²) in [7, 11) is 1.69. The number of nitrogens with two attached hydrogens (primary N) is 2. The van der Waals surface area contributed by atoms with Crippen molar-refractivity contribution in [3.05, 3.63) is 58.7 Å². The maximum absolute atomic E-state index is 13.6. The summed E-state index contributed by atoms with van der Waals surface area (Å²) in [6, 6.07) is -0.0448. The minimum Gasteiger partial charge on any atom is -0.394 e. The van der Waals surface area contributed by atoms with Gasteiger partial charge in [0.2, 0.25) is 12.3 Å². The first-order valence-corrected chi connectivity index (χ1v) is 19.9. The first-order valence-electron chi connectivity index (χ1n) is 19.9. The van der Waals surface area contributed by atoms with Crippen LogP contribution in [-0.4, -0.2) is 115 Å². The van der Waals surface area contributed by atoms with Gasteiger partial charge < -0.3 is 36.4 Å². The number of nitrogens with zero attached hydrogens (tertiary/aromatic N) is 4. The quantitative estimate of drug-likeness (QED) is 0.118. The van der Waals surface area contributed by atoms with E-state index in [0.717, 1.165) is 109 Å². The van der Waals surface area contributed by atoms with Crippen LogP contribution in [0.2, 0.25) is 0 Å². The van der Waals surface area contributed by atoms with Gasteiger partial charge in [-0.15, -0.1) is 0 Å². The number of hydrogen-bond acceptors (Lipinski definition) is 10. The molecule has 3 saturated heterocycles. The van der Waals surface area contributed by atoms with Gasteiger partial charge in [0.15, 0.2) is 0 Å². The average molecular weight is 747 g/mol. The number of hydrogen-bond donors (Lipinski definition) is 4. The average Bonchev–Trinajstić information content (AvgIpc) is 3.38. The van der Waals surface area contributed by atoms with Gasteiger partial charge in [-0.1, -0.05) is 32.3 Å². The van der Waals surface area contributed by atoms with Crippen LogP contribution in [0.3, 0.4) is 0 Å². The predicted octanol–water partition coefficient (Wildman–Crippen LogP) is 2.82. The zero-order valence-corrected chi connectivity index (χ0v) is 32.6. The first kappa shape index (κ1) is 40.8. The van der Waals surface area contributed by atoms with Crippen molar-refractivity contribution in [3.63, 3.8) is 0 Å². The highest BCUT2D eigenvalue weighted by Crippen LogP contribution is 2.44. The molecule has 1 atom stereocenters. The fourth-order valence-corrected chi connectivity index (χ4v) is 8.60. The van der Waals surface area contributed by atoms with E-state index in [9.17, 15) is 24.0 Å². The van der Waals surface area contributed by atoms with Gasteiger partial charge in [0.05, 0.1) is 11.5 Å². The lowest BCUT2D eigenvalue weighted by atomic mass is 9.71. The van der Waals surface area contributed by atoms with Crippen LogP contribution in [-0.2, 0) is 24.0 Å². The molecule has 1 spiro atoms. The standard InChI is InChI=1S/C41H62N8O5/c1-30(12-15-37(52)44-29-51)46(3)39(54)34-24-33(11-7-8-31(34)25-50)49-27-41(28-49)18-20-47(21-19-41)26-40(2)16-22-48(23-17-40)36(43)14-13-35(42)38(53)45-32-9-5-4-6-10-32/h7,11,13-14,24-25,29-30,32H,4-6,8-10,12,15-23,26-28,42-43H2,1-3H3,(H,45,53)(H,44,51,52)/b35-13-,36-14+. The molecule has 13 heteroatoms. The Morgan fingerprint density at radius 2 is 1.69 bits per heavy atom. The highest BCUT2D eigenvalue weighted by molar-refractivity contribution is 6.02. The molecule has 5 aliphatic rings. The van der Waals surface area contributed by atoms with Crippen molar-refractivity contribution in [2.24, 2.45) is 22.3 Å². The molecule has 0 aromatic carbocycles. The highest BCUT2D eigenvalue weighted by atomic mass is 16.2. The SMILES string of the molecule is CC(CCC(=O)NC=O)N(C)C(=O)C1=C(C=O)CC=CC(N2CC3(CCN(CC4(C)CCN(/C(N)=C/C=C(\N)C(=O)NC5CCCCC5)CC4)CC3)C2)=C1. The molecule has 4 amide bonds. The smallest absolute Gasteiger partial charge is 0.267 e. The minimum absolute atomic E-state index is 0.120. The third-order valence-corrected chi connectivity index (χ3v) is 12.5. The number of allylic oxidation sites excluding steroid dienone is 5. The summed E-state index contributed by atoms with van der Waals surface area (Å²) >= 11 is 0. The monoisotopic (exact) mass is 746 g/mol. The second-order valence-electron chi connectivity index (χ2n) is 16.7. The zero-order chi connectivity index (χ0) is 38.9. The Hall–Kier alpha value is -4.39. The molecule has 1 unspecified atom stereocenters. The Labute approximate surface area is 320 Å². The summed E-state index contributed by atoms with van der Waals surface area (Å²) in [5.41, 5.74) is 15.0. The molecule has 5 rings (SSSR count). The number of imide groups is 1. The fraction of sp³-hybridized carbons (Fsp3) is 0.634. The number of carbonyl (C=O) groups excluding carboxylic acids is 5. The van der Waals surface area contributed by atoms with Crippen LogP contribution < -0.4 is 22.1 Å². The third kappa shape index (κ3) is 10.4. The maximum Gasteiger partial charge on any atom is 0.267 e. The van der Waals surface area contributed by atoms with Gasteiger partial charge in [-0.2, -0.15) is 0 Å². The van der Waals surface area contributed by atoms with E-state index in [2.05, 4.69) is 32.3 Å². The summed E-state index contributed by atoms with van der Waals surface area (Å²) in [6.45, 7) is 11.0. The summed E-state index contributed by atoms with van der Waals surface area (Å²) in [5, 5.41) is 5.19. The van der Waals surface area contributed by atoms with Gasteiger partial charge in [-0.25, -0.2) is 0 Å². The number of carbonyl (C=O) groups is 5. The van der Waals surface area contributed by atoms with Crippen LogP contribution >= 0.6 is 0 Å². The maximum atomic E-state index is 13.6. The number of piperidine rings is 2. The lowest BCUT2D eigenvalue weighted by Crippen LogP contribution is -2.60. The van der Waals surface area contributed by atoms with Gasteiger partial charge in [0.1, 0.15) is 6.29 Å². The molecule has 3 heterocycles. The second kappa shape index (κ2) is 18.3. The molecule has 6 N–H and O–H groups in total. The van der Waals surface area contributed by atoms with Crippen LogP contribution in [0.15, 0.2) is 58.7 Å². The largest absolute Gasteiger partial charge is 0.394 e. The van der Waals surface area contributed by atoms with Crippen molar-refractivity contribution in [1.29, 1.82) is 0 Å². The van der Waals surface area contributed by atoms with Crippen LogP contribution in [0.5, 0.6) is 0 Å². The Kier molecular flexibility index (Phi) is 13.8. The Balaban J connectivity index is 1.08. The summed E-state index contributed by atoms with van der Waals surface area (Å²) in [4.78, 5) is 69.3. The summed E-state index contributed by atoms with van der Waals surface area (Å²) < 4.78 is 0. The van der Waals surface area contributed by atoms with Crippen LogP contribution in [0.1, 0.15) is 90.9 Å². The van der Waals surface area contributed by atoms with E-state index in [1.165, 1.54) is 6.42 Å². The number of likely N-dealkylation sites (N-methyl/N-ethyl adjacent to an activating group) is 1. The highest BCUT2D eigenvalue weighted by Gasteiger charge is 2.46. The zero-order valence-electron chi connectivity index (χ0n) is 32.6. The number of aldehydes is 1. The molecule has 2 aliphatic carbocycles. The van der Waals surface area contributed by atoms with E-state index in [4.69, 9.17) is 11.5 Å². The molecule has 3 aliphatic heterocycles. The molecule has 13 nitrogen and oxygen atoms in total. The molecule has 296 valence electrons. The summed E-state index contributed by atoms with van der Waals surface area (Å²) in [6.07, 6.45) is 21.2. The molecule has 0 aromatic heterocycles. The topological polar surface area (TPSA) is 174 Å². The Morgan fingerprint density at radius 1 is 1.00 bits per heavy atom. The molecule has 4 fully saturated rings. The lowest BCUT2D eigenvalue weighted by Gasteiger charge is -2.56. The van der Waals surface area contributed by atoms with Crippen LogP contribution in [0.4, 0.5) is 0 Å². The number of amides is 4. The van der Waals surface area contributed by atoms with Gasteiger partial charge in [0, 0.05) is 80.5 Å². The van der Waals surface area contributed by atoms with Crippen molar-refractivity contribution >= 4 is 30.4 Å². The van der Waals surface area contributed by atoms with E-state index < -0.39 is 0 Å². The number of nitrogens with one attached hydrogen (secondary N) is 2. The first-order chi connectivity index (χ1) is 25.8. The molecular formula is C41H62N8O5. The number of likely N-dealkylation sites (tertiary alicyclic amines) is 3. The van der Waals surface area contributed by atoms with Crippen molar-refractivity contribution < 1.29 is 24.0 Å². The van der Waals surface area contributed by atoms with E-state index in [0.29, 0.717) is 36.2 Å². The molecule has 54 heavy (non-hydrogen) atoms. The van der Waals surface area contributed by atoms with Crippen molar-refractivity contribution in [1.82, 2.24) is 30.2 Å². The second-order valence-corrected chi connectivity index (χ2v) is 16.7. The Morgan fingerprint density at radius 3 is 2.33 bits per heavy atom. The lowest BCUT2D eigenvalue weighted by molar-refractivity contribution is -0.129. The van der Waals surface area contributed by atoms with Crippen molar-refractivity contribution in [3.8, 4) is 0 Å². The minimum atomic E-state index is -0.387. The predicted molar refractivity (Wildman–Crippen MR) is 209 cm³/mol. The van der Waals surface area contributed by atoms with Gasteiger partial charge >= 0.3 is 0 Å². The molecule has 0 radical (unpaired) electrons. The molecular weight excluding hydrogens is 685 g/mol. The molecule has 1 saturated carbocycles. The van der Waals surface area contributed by atoms with Crippen LogP contribution in [0, 0.1) is 10.8 Å². The van der Waals surface area contributed by atoms with E-state index in [1.807, 2.05) is 25.2 Å². The van der Waals surface area contributed by atoms with Crippen molar-refractivity contribution in [2.45, 2.75) is 103 Å². The van der Waals surface area contributed by atoms with Crippen LogP contribution in [0.25, 0.3) is 0 Å². The normalized spacial score (nSPS) is 22.8. The van der Waals surface area contributed by atoms with Gasteiger partial charge in [-0.3, -0.25) is 29.3 Å². The van der Waals surface area contributed by atoms with E-state index in [1.54, 1.807) is 24.1 Å². The summed E-state index contributed by atoms with van der Waals surface area (Å²) in [5.74, 6) is -0.207. The molecule has 0 bridgehead atoms. The molecule has 0 aromatic rings. The van der Waals surface area contributed by atoms with E-state index in [-0.39, 0.29) is 52.8 Å². The fourth-order valence-electron chi connectivity index (χ4n) is 8.60. The Bertz CT molecular complexity index is 1550. The van der Waals surface area contributed by atoms with Gasteiger partial charge in [-0.05, 0) is 101 Å².